The Balaban J connectivity index is 1.78. The standard InChI is InChI=1S/C27H32N4S4/c1-7-31(8-2)25-28-26(34-23-13-9-21(10-14-23)32-17-19(3)4)30-27(29-25)35-24-15-11-22(12-16-24)33-18-20(5)6/h9-16H,3,5,7-8,17-18H2,1-2,4,6H3. The van der Waals surface area contributed by atoms with Gasteiger partial charge in [-0.15, -0.1) is 23.5 Å². The van der Waals surface area contributed by atoms with E-state index in [9.17, 15) is 0 Å². The van der Waals surface area contributed by atoms with Crippen LogP contribution in [-0.4, -0.2) is 39.5 Å². The first kappa shape index (κ1) is 27.7. The van der Waals surface area contributed by atoms with Crippen LogP contribution in [0, 0.1) is 0 Å². The molecule has 1 heterocycles. The highest BCUT2D eigenvalue weighted by Gasteiger charge is 2.14. The highest BCUT2D eigenvalue weighted by Crippen LogP contribution is 2.33. The van der Waals surface area contributed by atoms with Crippen LogP contribution >= 0.6 is 47.0 Å². The molecule has 0 unspecified atom stereocenters. The van der Waals surface area contributed by atoms with Gasteiger partial charge < -0.3 is 4.90 Å². The monoisotopic (exact) mass is 540 g/mol. The number of anilines is 1. The quantitative estimate of drug-likeness (QED) is 0.158. The Hall–Kier alpha value is -1.87. The van der Waals surface area contributed by atoms with Gasteiger partial charge in [0.25, 0.3) is 0 Å². The number of hydrogen-bond donors (Lipinski definition) is 0. The van der Waals surface area contributed by atoms with Crippen LogP contribution in [0.4, 0.5) is 5.95 Å². The molecule has 3 rings (SSSR count). The molecule has 184 valence electrons. The fourth-order valence-electron chi connectivity index (χ4n) is 2.90. The topological polar surface area (TPSA) is 41.9 Å². The normalized spacial score (nSPS) is 10.9. The van der Waals surface area contributed by atoms with E-state index in [1.54, 1.807) is 47.0 Å². The molecule has 0 bridgehead atoms. The minimum absolute atomic E-state index is 0.709. The van der Waals surface area contributed by atoms with E-state index in [1.807, 2.05) is 0 Å². The van der Waals surface area contributed by atoms with Crippen molar-refractivity contribution in [2.45, 2.75) is 57.6 Å². The average molecular weight is 541 g/mol. The summed E-state index contributed by atoms with van der Waals surface area (Å²) in [6.07, 6.45) is 0. The van der Waals surface area contributed by atoms with Crippen LogP contribution in [0.5, 0.6) is 0 Å². The maximum atomic E-state index is 4.78. The van der Waals surface area contributed by atoms with Crippen LogP contribution in [0.1, 0.15) is 27.7 Å². The zero-order valence-corrected chi connectivity index (χ0v) is 24.0. The summed E-state index contributed by atoms with van der Waals surface area (Å²) in [6, 6.07) is 17.1. The first-order chi connectivity index (χ1) is 16.9. The molecule has 0 radical (unpaired) electrons. The molecule has 0 fully saturated rings. The molecule has 1 aromatic heterocycles. The van der Waals surface area contributed by atoms with Gasteiger partial charge in [-0.3, -0.25) is 0 Å². The lowest BCUT2D eigenvalue weighted by atomic mass is 10.4. The Morgan fingerprint density at radius 3 is 1.37 bits per heavy atom. The summed E-state index contributed by atoms with van der Waals surface area (Å²) in [5.74, 6) is 2.58. The Morgan fingerprint density at radius 2 is 1.03 bits per heavy atom. The average Bonchev–Trinajstić information content (AvgIpc) is 2.84. The number of thioether (sulfide) groups is 2. The molecule has 0 saturated heterocycles. The van der Waals surface area contributed by atoms with Crippen LogP contribution in [0.25, 0.3) is 0 Å². The Morgan fingerprint density at radius 1 is 0.657 bits per heavy atom. The lowest BCUT2D eigenvalue weighted by molar-refractivity contribution is 0.737. The van der Waals surface area contributed by atoms with Crippen molar-refractivity contribution in [3.63, 3.8) is 0 Å². The smallest absolute Gasteiger partial charge is 0.230 e. The summed E-state index contributed by atoms with van der Waals surface area (Å²) in [6.45, 7) is 18.0. The third kappa shape index (κ3) is 9.26. The second-order valence-electron chi connectivity index (χ2n) is 8.01. The number of nitrogens with zero attached hydrogens (tertiary/aromatic N) is 4. The van der Waals surface area contributed by atoms with Gasteiger partial charge in [-0.2, -0.15) is 15.0 Å². The molecule has 0 amide bonds. The third-order valence-electron chi connectivity index (χ3n) is 4.67. The summed E-state index contributed by atoms with van der Waals surface area (Å²) < 4.78 is 0. The van der Waals surface area contributed by atoms with Crippen LogP contribution in [-0.2, 0) is 0 Å². The molecular weight excluding hydrogens is 509 g/mol. The summed E-state index contributed by atoms with van der Waals surface area (Å²) in [5.41, 5.74) is 2.35. The SMILES string of the molecule is C=C(C)CSc1ccc(Sc2nc(Sc3ccc(SCC(=C)C)cc3)nc(N(CC)CC)n2)cc1. The van der Waals surface area contributed by atoms with E-state index in [2.05, 4.69) is 94.3 Å². The van der Waals surface area contributed by atoms with Crippen LogP contribution < -0.4 is 4.90 Å². The number of hydrogen-bond acceptors (Lipinski definition) is 8. The van der Waals surface area contributed by atoms with Crippen molar-refractivity contribution in [2.24, 2.45) is 0 Å². The molecule has 4 nitrogen and oxygen atoms in total. The largest absolute Gasteiger partial charge is 0.341 e. The Bertz CT molecular complexity index is 1050. The molecule has 0 aliphatic rings. The number of benzene rings is 2. The molecule has 8 heteroatoms. The molecular formula is C27H32N4S4. The molecule has 0 spiro atoms. The van der Waals surface area contributed by atoms with Gasteiger partial charge in [-0.25, -0.2) is 0 Å². The van der Waals surface area contributed by atoms with Gasteiger partial charge in [0.15, 0.2) is 10.3 Å². The molecule has 0 atom stereocenters. The van der Waals surface area contributed by atoms with E-state index < -0.39 is 0 Å². The second kappa shape index (κ2) is 14.0. The zero-order valence-electron chi connectivity index (χ0n) is 20.8. The minimum Gasteiger partial charge on any atom is -0.341 e. The maximum Gasteiger partial charge on any atom is 0.230 e. The van der Waals surface area contributed by atoms with E-state index in [4.69, 9.17) is 15.0 Å². The summed E-state index contributed by atoms with van der Waals surface area (Å²) in [5, 5.41) is 1.42. The third-order valence-corrected chi connectivity index (χ3v) is 8.90. The van der Waals surface area contributed by atoms with E-state index in [0.29, 0.717) is 10.3 Å². The first-order valence-corrected chi connectivity index (χ1v) is 15.1. The van der Waals surface area contributed by atoms with Crippen LogP contribution in [0.15, 0.2) is 103 Å². The lowest BCUT2D eigenvalue weighted by Gasteiger charge is -2.19. The molecule has 0 aliphatic heterocycles. The van der Waals surface area contributed by atoms with E-state index in [0.717, 1.165) is 40.3 Å². The van der Waals surface area contributed by atoms with E-state index in [1.165, 1.54) is 20.9 Å². The fraction of sp³-hybridized carbons (Fsp3) is 0.296. The maximum absolute atomic E-state index is 4.78. The fourth-order valence-corrected chi connectivity index (χ4v) is 5.92. The van der Waals surface area contributed by atoms with Crippen molar-refractivity contribution < 1.29 is 0 Å². The van der Waals surface area contributed by atoms with E-state index >= 15 is 0 Å². The molecule has 35 heavy (non-hydrogen) atoms. The van der Waals surface area contributed by atoms with Gasteiger partial charge in [-0.1, -0.05) is 24.3 Å². The highest BCUT2D eigenvalue weighted by molar-refractivity contribution is 8.00. The van der Waals surface area contributed by atoms with Crippen LogP contribution in [0.2, 0.25) is 0 Å². The minimum atomic E-state index is 0.709. The van der Waals surface area contributed by atoms with Crippen molar-refractivity contribution in [3.8, 4) is 0 Å². The second-order valence-corrected chi connectivity index (χ2v) is 12.2. The predicted molar refractivity (Wildman–Crippen MR) is 156 cm³/mol. The lowest BCUT2D eigenvalue weighted by Crippen LogP contribution is -2.24. The van der Waals surface area contributed by atoms with Gasteiger partial charge in [0, 0.05) is 44.2 Å². The predicted octanol–water partition coefficient (Wildman–Crippen LogP) is 8.36. The Kier molecular flexibility index (Phi) is 11.1. The number of aromatic nitrogens is 3. The van der Waals surface area contributed by atoms with Crippen molar-refractivity contribution in [2.75, 3.05) is 29.5 Å². The van der Waals surface area contributed by atoms with Crippen molar-refractivity contribution in [1.82, 2.24) is 15.0 Å². The number of rotatable bonds is 13. The van der Waals surface area contributed by atoms with Gasteiger partial charge in [0.2, 0.25) is 5.95 Å². The zero-order chi connectivity index (χ0) is 25.2. The summed E-state index contributed by atoms with van der Waals surface area (Å²) in [4.78, 5) is 21.2. The molecule has 3 aromatic rings. The van der Waals surface area contributed by atoms with Crippen molar-refractivity contribution in [3.05, 3.63) is 72.8 Å². The van der Waals surface area contributed by atoms with Crippen LogP contribution in [0.3, 0.4) is 0 Å². The van der Waals surface area contributed by atoms with Gasteiger partial charge in [-0.05, 0) is 99.7 Å². The van der Waals surface area contributed by atoms with Gasteiger partial charge in [0.05, 0.1) is 0 Å². The Labute approximate surface area is 226 Å². The molecule has 0 saturated carbocycles. The molecule has 0 N–H and O–H groups in total. The van der Waals surface area contributed by atoms with Crippen molar-refractivity contribution >= 4 is 53.0 Å². The van der Waals surface area contributed by atoms with E-state index in [-0.39, 0.29) is 0 Å². The highest BCUT2D eigenvalue weighted by atomic mass is 32.2. The van der Waals surface area contributed by atoms with Crippen molar-refractivity contribution in [1.29, 1.82) is 0 Å². The molecule has 2 aromatic carbocycles. The summed E-state index contributed by atoms with van der Waals surface area (Å²) >= 11 is 6.74. The van der Waals surface area contributed by atoms with Gasteiger partial charge in [0.1, 0.15) is 0 Å². The molecule has 0 aliphatic carbocycles. The van der Waals surface area contributed by atoms with Gasteiger partial charge >= 0.3 is 0 Å². The summed E-state index contributed by atoms with van der Waals surface area (Å²) in [7, 11) is 0. The first-order valence-electron chi connectivity index (χ1n) is 11.5.